The Balaban J connectivity index is 1.28. The van der Waals surface area contributed by atoms with Crippen LogP contribution in [0.5, 0.6) is 5.75 Å². The van der Waals surface area contributed by atoms with Gasteiger partial charge < -0.3 is 31.1 Å². The first-order valence-electron chi connectivity index (χ1n) is 15.1. The van der Waals surface area contributed by atoms with Gasteiger partial charge in [-0.05, 0) is 74.8 Å². The molecule has 3 atom stereocenters. The maximum absolute atomic E-state index is 13.7. The van der Waals surface area contributed by atoms with Crippen molar-refractivity contribution in [2.24, 2.45) is 11.8 Å². The normalized spacial score (nSPS) is 18.9. The van der Waals surface area contributed by atoms with E-state index in [2.05, 4.69) is 15.5 Å². The SMILES string of the molecule is C[C@H]1CN([C@@H](C)CO)C(=O)c2cc(NC(=O)C3CC3)ccc2O[C@@H]1CN(C)Cc1ccc(C(=O)Nc2ccccc2N)cc1. The summed E-state index contributed by atoms with van der Waals surface area (Å²) in [6.07, 6.45) is 1.52. The number of carbonyl (C=O) groups is 3. The van der Waals surface area contributed by atoms with Crippen LogP contribution >= 0.6 is 0 Å². The van der Waals surface area contributed by atoms with Gasteiger partial charge in [0.25, 0.3) is 11.8 Å². The Morgan fingerprint density at radius 1 is 1.09 bits per heavy atom. The molecule has 1 fully saturated rings. The predicted octanol–water partition coefficient (Wildman–Crippen LogP) is 4.22. The third kappa shape index (κ3) is 7.38. The molecule has 0 aromatic heterocycles. The van der Waals surface area contributed by atoms with Gasteiger partial charge >= 0.3 is 0 Å². The van der Waals surface area contributed by atoms with E-state index in [0.29, 0.717) is 53.6 Å². The number of para-hydroxylation sites is 2. The second-order valence-corrected chi connectivity index (χ2v) is 12.0. The number of ether oxygens (including phenoxy) is 1. The van der Waals surface area contributed by atoms with Crippen molar-refractivity contribution in [1.82, 2.24) is 9.80 Å². The minimum absolute atomic E-state index is 0.0331. The molecule has 0 saturated heterocycles. The Morgan fingerprint density at radius 3 is 2.50 bits per heavy atom. The standard InChI is InChI=1S/C34H41N5O5/c1-21-17-39(22(2)20-40)34(43)27-16-26(36-32(41)25-12-13-25)14-15-30(27)44-31(21)19-38(3)18-23-8-10-24(11-9-23)33(42)37-29-7-5-4-6-28(29)35/h4-11,14-16,21-22,25,31,40H,12-13,17-20,35H2,1-3H3,(H,36,41)(H,37,42)/t21-,22-,31+/m0/s1. The summed E-state index contributed by atoms with van der Waals surface area (Å²) in [6, 6.07) is 19.4. The molecule has 1 heterocycles. The largest absolute Gasteiger partial charge is 0.488 e. The molecule has 10 heteroatoms. The Hall–Kier alpha value is -4.41. The van der Waals surface area contributed by atoms with Crippen LogP contribution in [-0.4, -0.2) is 71.5 Å². The molecule has 10 nitrogen and oxygen atoms in total. The minimum atomic E-state index is -0.381. The summed E-state index contributed by atoms with van der Waals surface area (Å²) < 4.78 is 6.50. The number of nitrogens with zero attached hydrogens (tertiary/aromatic N) is 2. The van der Waals surface area contributed by atoms with Crippen molar-refractivity contribution in [2.75, 3.05) is 43.1 Å². The number of nitrogens with two attached hydrogens (primary N) is 1. The van der Waals surface area contributed by atoms with E-state index >= 15 is 0 Å². The number of nitrogens with one attached hydrogen (secondary N) is 2. The molecule has 0 spiro atoms. The van der Waals surface area contributed by atoms with Gasteiger partial charge in [-0.15, -0.1) is 0 Å². The molecule has 2 aliphatic rings. The lowest BCUT2D eigenvalue weighted by Crippen LogP contribution is -2.49. The van der Waals surface area contributed by atoms with E-state index in [1.165, 1.54) is 0 Å². The fraction of sp³-hybridized carbons (Fsp3) is 0.382. The van der Waals surface area contributed by atoms with E-state index in [1.54, 1.807) is 47.4 Å². The first-order valence-corrected chi connectivity index (χ1v) is 15.1. The summed E-state index contributed by atoms with van der Waals surface area (Å²) in [5.74, 6) is -0.0419. The molecule has 1 aliphatic carbocycles. The number of aliphatic hydroxyl groups is 1. The maximum Gasteiger partial charge on any atom is 0.258 e. The van der Waals surface area contributed by atoms with Gasteiger partial charge in [-0.2, -0.15) is 0 Å². The average molecular weight is 600 g/mol. The van der Waals surface area contributed by atoms with Crippen LogP contribution in [0.1, 0.15) is 53.0 Å². The van der Waals surface area contributed by atoms with Crippen LogP contribution in [0.4, 0.5) is 17.1 Å². The summed E-state index contributed by atoms with van der Waals surface area (Å²) >= 11 is 0. The number of nitrogen functional groups attached to an aromatic ring is 1. The molecular weight excluding hydrogens is 558 g/mol. The summed E-state index contributed by atoms with van der Waals surface area (Å²) in [4.78, 5) is 42.6. The van der Waals surface area contributed by atoms with Gasteiger partial charge in [0.2, 0.25) is 5.91 Å². The lowest BCUT2D eigenvalue weighted by molar-refractivity contribution is -0.117. The van der Waals surface area contributed by atoms with Crippen molar-refractivity contribution in [3.05, 3.63) is 83.4 Å². The van der Waals surface area contributed by atoms with Crippen molar-refractivity contribution in [3.8, 4) is 5.75 Å². The van der Waals surface area contributed by atoms with Crippen LogP contribution in [0.25, 0.3) is 0 Å². The number of fused-ring (bicyclic) bond motifs is 1. The number of carbonyl (C=O) groups excluding carboxylic acids is 3. The number of rotatable bonds is 10. The maximum atomic E-state index is 13.7. The Kier molecular flexibility index (Phi) is 9.51. The van der Waals surface area contributed by atoms with Gasteiger partial charge in [0.1, 0.15) is 11.9 Å². The fourth-order valence-electron chi connectivity index (χ4n) is 5.36. The first-order chi connectivity index (χ1) is 21.1. The van der Waals surface area contributed by atoms with Gasteiger partial charge in [0.05, 0.1) is 29.6 Å². The van der Waals surface area contributed by atoms with E-state index < -0.39 is 0 Å². The van der Waals surface area contributed by atoms with E-state index in [-0.39, 0.29) is 48.3 Å². The monoisotopic (exact) mass is 599 g/mol. The summed E-state index contributed by atoms with van der Waals surface area (Å²) in [5, 5.41) is 15.7. The first kappa shape index (κ1) is 31.0. The highest BCUT2D eigenvalue weighted by Gasteiger charge is 2.34. The lowest BCUT2D eigenvalue weighted by atomic mass is 9.99. The zero-order valence-electron chi connectivity index (χ0n) is 25.5. The van der Waals surface area contributed by atoms with E-state index in [9.17, 15) is 19.5 Å². The highest BCUT2D eigenvalue weighted by atomic mass is 16.5. The van der Waals surface area contributed by atoms with Gasteiger partial charge in [0.15, 0.2) is 0 Å². The van der Waals surface area contributed by atoms with Crippen LogP contribution in [0.15, 0.2) is 66.7 Å². The number of benzene rings is 3. The van der Waals surface area contributed by atoms with Crippen molar-refractivity contribution in [1.29, 1.82) is 0 Å². The molecule has 3 aromatic carbocycles. The van der Waals surface area contributed by atoms with Crippen molar-refractivity contribution < 1.29 is 24.2 Å². The Bertz CT molecular complexity index is 1510. The van der Waals surface area contributed by atoms with Crippen LogP contribution in [0.3, 0.4) is 0 Å². The quantitative estimate of drug-likeness (QED) is 0.256. The third-order valence-corrected chi connectivity index (χ3v) is 8.25. The molecule has 1 saturated carbocycles. The van der Waals surface area contributed by atoms with Gasteiger partial charge in [-0.3, -0.25) is 19.3 Å². The predicted molar refractivity (Wildman–Crippen MR) is 171 cm³/mol. The summed E-state index contributed by atoms with van der Waals surface area (Å²) in [7, 11) is 2.00. The average Bonchev–Trinajstić information content (AvgIpc) is 3.86. The van der Waals surface area contributed by atoms with Gasteiger partial charge in [-0.1, -0.05) is 31.2 Å². The van der Waals surface area contributed by atoms with Crippen molar-refractivity contribution in [3.63, 3.8) is 0 Å². The molecule has 0 bridgehead atoms. The van der Waals surface area contributed by atoms with Crippen LogP contribution in [0.2, 0.25) is 0 Å². The van der Waals surface area contributed by atoms with E-state index in [1.807, 2.05) is 45.2 Å². The number of hydrogen-bond donors (Lipinski definition) is 4. The van der Waals surface area contributed by atoms with E-state index in [0.717, 1.165) is 18.4 Å². The topological polar surface area (TPSA) is 137 Å². The molecule has 3 aromatic rings. The fourth-order valence-corrected chi connectivity index (χ4v) is 5.36. The highest BCUT2D eigenvalue weighted by Crippen LogP contribution is 2.33. The van der Waals surface area contributed by atoms with Crippen LogP contribution in [-0.2, 0) is 11.3 Å². The molecule has 5 rings (SSSR count). The zero-order chi connectivity index (χ0) is 31.4. The molecule has 0 radical (unpaired) electrons. The van der Waals surface area contributed by atoms with Crippen molar-refractivity contribution >= 4 is 34.8 Å². The Morgan fingerprint density at radius 2 is 1.82 bits per heavy atom. The van der Waals surface area contributed by atoms with Crippen molar-refractivity contribution in [2.45, 2.75) is 45.4 Å². The summed E-state index contributed by atoms with van der Waals surface area (Å²) in [5.41, 5.74) is 9.52. The molecule has 0 unspecified atom stereocenters. The van der Waals surface area contributed by atoms with Crippen LogP contribution < -0.4 is 21.1 Å². The molecule has 232 valence electrons. The smallest absolute Gasteiger partial charge is 0.258 e. The number of anilines is 3. The molecule has 1 aliphatic heterocycles. The third-order valence-electron chi connectivity index (χ3n) is 8.25. The van der Waals surface area contributed by atoms with Gasteiger partial charge in [-0.25, -0.2) is 0 Å². The molecule has 3 amide bonds. The molecular formula is C34H41N5O5. The van der Waals surface area contributed by atoms with E-state index in [4.69, 9.17) is 10.5 Å². The van der Waals surface area contributed by atoms with Gasteiger partial charge in [0, 0.05) is 42.7 Å². The molecule has 44 heavy (non-hydrogen) atoms. The van der Waals surface area contributed by atoms with Crippen LogP contribution in [0, 0.1) is 11.8 Å². The highest BCUT2D eigenvalue weighted by molar-refractivity contribution is 6.05. The number of aliphatic hydroxyl groups excluding tert-OH is 1. The number of likely N-dealkylation sites (N-methyl/N-ethyl adjacent to an activating group) is 1. The minimum Gasteiger partial charge on any atom is -0.488 e. The number of amides is 3. The number of hydrogen-bond acceptors (Lipinski definition) is 7. The second kappa shape index (κ2) is 13.5. The second-order valence-electron chi connectivity index (χ2n) is 12.0. The molecule has 5 N–H and O–H groups in total. The zero-order valence-corrected chi connectivity index (χ0v) is 25.5. The Labute approximate surface area is 258 Å². The lowest BCUT2D eigenvalue weighted by Gasteiger charge is -2.38. The summed E-state index contributed by atoms with van der Waals surface area (Å²) in [6.45, 7) is 5.31.